The van der Waals surface area contributed by atoms with E-state index in [1.807, 2.05) is 17.8 Å². The molecule has 1 N–H and O–H groups in total. The number of aromatic nitrogens is 1. The summed E-state index contributed by atoms with van der Waals surface area (Å²) in [6, 6.07) is 8.75. The van der Waals surface area contributed by atoms with Gasteiger partial charge in [-0.2, -0.15) is 0 Å². The van der Waals surface area contributed by atoms with Crippen molar-refractivity contribution >= 4 is 11.3 Å². The molecule has 2 aromatic rings. The van der Waals surface area contributed by atoms with E-state index in [4.69, 9.17) is 4.74 Å². The highest BCUT2D eigenvalue weighted by Gasteiger charge is 2.13. The van der Waals surface area contributed by atoms with E-state index >= 15 is 0 Å². The lowest BCUT2D eigenvalue weighted by Crippen LogP contribution is -2.23. The third kappa shape index (κ3) is 5.14. The first-order valence-electron chi connectivity index (χ1n) is 7.67. The summed E-state index contributed by atoms with van der Waals surface area (Å²) in [5.41, 5.74) is 3.18. The number of hydrogen-bond acceptors (Lipinski definition) is 4. The Bertz CT molecular complexity index is 513. The Kier molecular flexibility index (Phi) is 6.70. The van der Waals surface area contributed by atoms with Crippen molar-refractivity contribution in [3.63, 3.8) is 0 Å². The third-order valence-electron chi connectivity index (χ3n) is 3.26. The van der Waals surface area contributed by atoms with Crippen LogP contribution < -0.4 is 10.1 Å². The van der Waals surface area contributed by atoms with Crippen LogP contribution in [0.25, 0.3) is 0 Å². The topological polar surface area (TPSA) is 34.2 Å². The molecule has 0 aliphatic rings. The first-order chi connectivity index (χ1) is 10.3. The Labute approximate surface area is 131 Å². The highest BCUT2D eigenvalue weighted by molar-refractivity contribution is 7.09. The molecule has 1 unspecified atom stereocenters. The molecular weight excluding hydrogens is 280 g/mol. The van der Waals surface area contributed by atoms with Gasteiger partial charge in [0, 0.05) is 23.5 Å². The minimum Gasteiger partial charge on any atom is -0.494 e. The minimum absolute atomic E-state index is 0.315. The lowest BCUT2D eigenvalue weighted by Gasteiger charge is -2.19. The van der Waals surface area contributed by atoms with Gasteiger partial charge in [-0.05, 0) is 37.1 Å². The Morgan fingerprint density at radius 1 is 1.29 bits per heavy atom. The van der Waals surface area contributed by atoms with Crippen molar-refractivity contribution in [2.24, 2.45) is 0 Å². The zero-order valence-corrected chi connectivity index (χ0v) is 13.7. The van der Waals surface area contributed by atoms with E-state index in [9.17, 15) is 0 Å². The number of rotatable bonds is 9. The molecule has 0 radical (unpaired) electrons. The van der Waals surface area contributed by atoms with Crippen LogP contribution in [-0.4, -0.2) is 18.1 Å². The SMILES string of the molecule is CCCNC(Cc1cncs1)c1cccc(OCCC)c1. The summed E-state index contributed by atoms with van der Waals surface area (Å²) in [5.74, 6) is 0.960. The summed E-state index contributed by atoms with van der Waals surface area (Å²) in [5, 5.41) is 3.63. The van der Waals surface area contributed by atoms with Gasteiger partial charge in [-0.3, -0.25) is 4.98 Å². The number of thiazole rings is 1. The third-order valence-corrected chi connectivity index (χ3v) is 4.06. The van der Waals surface area contributed by atoms with Crippen LogP contribution in [0.5, 0.6) is 5.75 Å². The fraction of sp³-hybridized carbons (Fsp3) is 0.471. The van der Waals surface area contributed by atoms with Crippen LogP contribution in [0, 0.1) is 0 Å². The molecule has 0 aliphatic heterocycles. The van der Waals surface area contributed by atoms with Crippen molar-refractivity contribution < 1.29 is 4.74 Å². The fourth-order valence-electron chi connectivity index (χ4n) is 2.21. The normalized spacial score (nSPS) is 12.3. The quantitative estimate of drug-likeness (QED) is 0.753. The van der Waals surface area contributed by atoms with Gasteiger partial charge < -0.3 is 10.1 Å². The van der Waals surface area contributed by atoms with E-state index in [1.165, 1.54) is 10.4 Å². The van der Waals surface area contributed by atoms with Gasteiger partial charge in [0.2, 0.25) is 0 Å². The smallest absolute Gasteiger partial charge is 0.119 e. The van der Waals surface area contributed by atoms with E-state index in [-0.39, 0.29) is 0 Å². The lowest BCUT2D eigenvalue weighted by molar-refractivity contribution is 0.316. The average molecular weight is 304 g/mol. The summed E-state index contributed by atoms with van der Waals surface area (Å²) < 4.78 is 5.75. The van der Waals surface area contributed by atoms with E-state index in [1.54, 1.807) is 11.3 Å². The molecule has 0 aliphatic carbocycles. The van der Waals surface area contributed by atoms with Gasteiger partial charge >= 0.3 is 0 Å². The molecule has 1 atom stereocenters. The summed E-state index contributed by atoms with van der Waals surface area (Å²) in [6.45, 7) is 6.10. The second kappa shape index (κ2) is 8.80. The molecule has 4 heteroatoms. The number of nitrogens with zero attached hydrogens (tertiary/aromatic N) is 1. The molecule has 0 spiro atoms. The largest absolute Gasteiger partial charge is 0.494 e. The van der Waals surface area contributed by atoms with Gasteiger partial charge in [0.1, 0.15) is 5.75 Å². The molecule has 3 nitrogen and oxygen atoms in total. The zero-order chi connectivity index (χ0) is 14.9. The first-order valence-corrected chi connectivity index (χ1v) is 8.55. The Morgan fingerprint density at radius 2 is 2.19 bits per heavy atom. The van der Waals surface area contributed by atoms with Gasteiger partial charge in [-0.15, -0.1) is 11.3 Å². The van der Waals surface area contributed by atoms with Gasteiger partial charge in [-0.25, -0.2) is 0 Å². The number of ether oxygens (including phenoxy) is 1. The van der Waals surface area contributed by atoms with Crippen LogP contribution in [0.4, 0.5) is 0 Å². The van der Waals surface area contributed by atoms with Crippen molar-refractivity contribution in [2.75, 3.05) is 13.2 Å². The van der Waals surface area contributed by atoms with Crippen molar-refractivity contribution in [3.05, 3.63) is 46.4 Å². The summed E-state index contributed by atoms with van der Waals surface area (Å²) >= 11 is 1.72. The molecule has 1 aromatic heterocycles. The van der Waals surface area contributed by atoms with Gasteiger partial charge in [-0.1, -0.05) is 26.0 Å². The predicted octanol–water partition coefficient (Wildman–Crippen LogP) is 4.22. The Morgan fingerprint density at radius 3 is 2.90 bits per heavy atom. The van der Waals surface area contributed by atoms with Crippen molar-refractivity contribution in [1.82, 2.24) is 10.3 Å². The second-order valence-electron chi connectivity index (χ2n) is 5.10. The minimum atomic E-state index is 0.315. The predicted molar refractivity (Wildman–Crippen MR) is 89.1 cm³/mol. The molecule has 0 amide bonds. The lowest BCUT2D eigenvalue weighted by atomic mass is 10.0. The zero-order valence-electron chi connectivity index (χ0n) is 12.8. The highest BCUT2D eigenvalue weighted by atomic mass is 32.1. The van der Waals surface area contributed by atoms with Gasteiger partial charge in [0.15, 0.2) is 0 Å². The second-order valence-corrected chi connectivity index (χ2v) is 6.07. The summed E-state index contributed by atoms with van der Waals surface area (Å²) in [6.07, 6.45) is 5.10. The van der Waals surface area contributed by atoms with Crippen LogP contribution in [-0.2, 0) is 6.42 Å². The maximum absolute atomic E-state index is 5.75. The molecule has 0 fully saturated rings. The first kappa shape index (κ1) is 16.0. The molecule has 1 heterocycles. The monoisotopic (exact) mass is 304 g/mol. The molecule has 21 heavy (non-hydrogen) atoms. The average Bonchev–Trinajstić information content (AvgIpc) is 3.02. The van der Waals surface area contributed by atoms with Crippen molar-refractivity contribution in [3.8, 4) is 5.75 Å². The van der Waals surface area contributed by atoms with Crippen LogP contribution in [0.15, 0.2) is 36.0 Å². The highest BCUT2D eigenvalue weighted by Crippen LogP contribution is 2.24. The molecule has 114 valence electrons. The van der Waals surface area contributed by atoms with E-state index in [2.05, 4.69) is 42.3 Å². The molecule has 0 saturated heterocycles. The summed E-state index contributed by atoms with van der Waals surface area (Å²) in [7, 11) is 0. The number of benzene rings is 1. The van der Waals surface area contributed by atoms with Crippen molar-refractivity contribution in [1.29, 1.82) is 0 Å². The number of hydrogen-bond donors (Lipinski definition) is 1. The molecule has 0 saturated carbocycles. The van der Waals surface area contributed by atoms with Crippen LogP contribution in [0.3, 0.4) is 0 Å². The molecular formula is C17H24N2OS. The summed E-state index contributed by atoms with van der Waals surface area (Å²) in [4.78, 5) is 5.48. The van der Waals surface area contributed by atoms with Gasteiger partial charge in [0.25, 0.3) is 0 Å². The van der Waals surface area contributed by atoms with Gasteiger partial charge in [0.05, 0.1) is 12.1 Å². The van der Waals surface area contributed by atoms with E-state index in [0.29, 0.717) is 6.04 Å². The Balaban J connectivity index is 2.11. The van der Waals surface area contributed by atoms with E-state index < -0.39 is 0 Å². The van der Waals surface area contributed by atoms with Crippen molar-refractivity contribution in [2.45, 2.75) is 39.2 Å². The number of nitrogens with one attached hydrogen (secondary N) is 1. The van der Waals surface area contributed by atoms with Crippen LogP contribution in [0.2, 0.25) is 0 Å². The Hall–Kier alpha value is -1.39. The molecule has 2 rings (SSSR count). The van der Waals surface area contributed by atoms with Crippen LogP contribution in [0.1, 0.15) is 43.2 Å². The standard InChI is InChI=1S/C17H24N2OS/c1-3-8-19-17(11-16-12-18-13-21-16)14-6-5-7-15(10-14)20-9-4-2/h5-7,10,12-13,17,19H,3-4,8-9,11H2,1-2H3. The maximum Gasteiger partial charge on any atom is 0.119 e. The fourth-order valence-corrected chi connectivity index (χ4v) is 2.85. The van der Waals surface area contributed by atoms with Crippen LogP contribution >= 0.6 is 11.3 Å². The van der Waals surface area contributed by atoms with E-state index in [0.717, 1.165) is 38.2 Å². The molecule has 1 aromatic carbocycles. The molecule has 0 bridgehead atoms. The maximum atomic E-state index is 5.75.